The molecule has 1 N–H and O–H groups in total. The molecule has 0 atom stereocenters. The summed E-state index contributed by atoms with van der Waals surface area (Å²) in [4.78, 5) is 27.8. The highest BCUT2D eigenvalue weighted by Crippen LogP contribution is 2.27. The van der Waals surface area contributed by atoms with Gasteiger partial charge in [0.25, 0.3) is 5.91 Å². The molecule has 0 radical (unpaired) electrons. The minimum atomic E-state index is -0.356. The third kappa shape index (κ3) is 1.67. The number of nitrogens with one attached hydrogen (secondary N) is 1. The van der Waals surface area contributed by atoms with Gasteiger partial charge in [0.1, 0.15) is 0 Å². The number of aromatic amines is 1. The van der Waals surface area contributed by atoms with E-state index in [4.69, 9.17) is 0 Å². The second kappa shape index (κ2) is 3.22. The van der Waals surface area contributed by atoms with Crippen LogP contribution in [0.5, 0.6) is 0 Å². The number of Topliss-reactive ketones (excluding diaryl/α,β-unsaturated/α-hetero) is 1. The van der Waals surface area contributed by atoms with Gasteiger partial charge in [0.15, 0.2) is 5.78 Å². The number of hydrogen-bond donors (Lipinski definition) is 1. The molecule has 4 heteroatoms. The molecule has 2 heterocycles. The van der Waals surface area contributed by atoms with Crippen molar-refractivity contribution in [3.8, 4) is 0 Å². The smallest absolute Gasteiger partial charge is 0.256 e. The zero-order valence-electron chi connectivity index (χ0n) is 8.91. The Hall–Kier alpha value is -1.58. The average molecular weight is 206 g/mol. The fraction of sp³-hybridized carbons (Fsp3) is 0.455. The third-order valence-corrected chi connectivity index (χ3v) is 2.78. The molecule has 80 valence electrons. The second-order valence-corrected chi connectivity index (χ2v) is 4.52. The van der Waals surface area contributed by atoms with Crippen LogP contribution in [0.25, 0.3) is 0 Å². The minimum Gasteiger partial charge on any atom is -0.367 e. The van der Waals surface area contributed by atoms with Crippen LogP contribution >= 0.6 is 0 Å². The van der Waals surface area contributed by atoms with Crippen molar-refractivity contribution in [3.05, 3.63) is 24.0 Å². The summed E-state index contributed by atoms with van der Waals surface area (Å²) in [5, 5.41) is 0. The first-order valence-electron chi connectivity index (χ1n) is 4.97. The van der Waals surface area contributed by atoms with E-state index in [1.807, 2.05) is 13.8 Å². The summed E-state index contributed by atoms with van der Waals surface area (Å²) in [5.74, 6) is 0.0518. The predicted octanol–water partition coefficient (Wildman–Crippen LogP) is 1.21. The van der Waals surface area contributed by atoms with Crippen molar-refractivity contribution in [2.45, 2.75) is 25.8 Å². The zero-order chi connectivity index (χ0) is 11.1. The fourth-order valence-electron chi connectivity index (χ4n) is 1.98. The number of hydrogen-bond acceptors (Lipinski definition) is 2. The maximum absolute atomic E-state index is 12.0. The van der Waals surface area contributed by atoms with Crippen molar-refractivity contribution in [2.75, 3.05) is 6.54 Å². The maximum Gasteiger partial charge on any atom is 0.256 e. The Bertz CT molecular complexity index is 393. The van der Waals surface area contributed by atoms with E-state index < -0.39 is 0 Å². The molecule has 1 aromatic heterocycles. The minimum absolute atomic E-state index is 0.0768. The topological polar surface area (TPSA) is 53.2 Å². The summed E-state index contributed by atoms with van der Waals surface area (Å²) in [6.45, 7) is 4.07. The first-order chi connectivity index (χ1) is 7.00. The Morgan fingerprint density at radius 1 is 1.53 bits per heavy atom. The number of carbonyl (C=O) groups is 2. The molecule has 2 rings (SSSR count). The van der Waals surface area contributed by atoms with Gasteiger partial charge in [-0.2, -0.15) is 0 Å². The van der Waals surface area contributed by atoms with E-state index >= 15 is 0 Å². The van der Waals surface area contributed by atoms with Crippen molar-refractivity contribution < 1.29 is 9.59 Å². The molecule has 0 aromatic carbocycles. The lowest BCUT2D eigenvalue weighted by Crippen LogP contribution is -2.42. The first-order valence-corrected chi connectivity index (χ1v) is 4.97. The highest BCUT2D eigenvalue weighted by molar-refractivity contribution is 5.99. The summed E-state index contributed by atoms with van der Waals surface area (Å²) in [6, 6.07) is 1.72. The van der Waals surface area contributed by atoms with Crippen LogP contribution in [0.2, 0.25) is 0 Å². The summed E-state index contributed by atoms with van der Waals surface area (Å²) >= 11 is 0. The van der Waals surface area contributed by atoms with Crippen LogP contribution < -0.4 is 0 Å². The van der Waals surface area contributed by atoms with Crippen LogP contribution in [0.15, 0.2) is 18.5 Å². The predicted molar refractivity (Wildman–Crippen MR) is 55.5 cm³/mol. The van der Waals surface area contributed by atoms with Gasteiger partial charge in [0.2, 0.25) is 0 Å². The van der Waals surface area contributed by atoms with Crippen molar-refractivity contribution in [2.24, 2.45) is 0 Å². The van der Waals surface area contributed by atoms with Gasteiger partial charge >= 0.3 is 0 Å². The monoisotopic (exact) mass is 206 g/mol. The normalized spacial score (nSPS) is 19.6. The van der Waals surface area contributed by atoms with Crippen LogP contribution in [0.3, 0.4) is 0 Å². The second-order valence-electron chi connectivity index (χ2n) is 4.52. The molecule has 0 bridgehead atoms. The lowest BCUT2D eigenvalue weighted by molar-refractivity contribution is -0.116. The van der Waals surface area contributed by atoms with E-state index in [2.05, 4.69) is 4.98 Å². The van der Waals surface area contributed by atoms with E-state index in [1.54, 1.807) is 23.4 Å². The number of ketones is 1. The SMILES string of the molecule is CC1(C)CC(=O)CN1C(=O)c1cc[nH]c1. The van der Waals surface area contributed by atoms with E-state index in [1.165, 1.54) is 0 Å². The molecule has 1 aliphatic heterocycles. The Morgan fingerprint density at radius 3 is 2.73 bits per heavy atom. The van der Waals surface area contributed by atoms with Gasteiger partial charge in [-0.15, -0.1) is 0 Å². The standard InChI is InChI=1S/C11H14N2O2/c1-11(2)5-9(14)7-13(11)10(15)8-3-4-12-6-8/h3-4,6,12H,5,7H2,1-2H3. The van der Waals surface area contributed by atoms with E-state index in [-0.39, 0.29) is 23.8 Å². The van der Waals surface area contributed by atoms with E-state index in [9.17, 15) is 9.59 Å². The molecule has 0 spiro atoms. The van der Waals surface area contributed by atoms with Crippen molar-refractivity contribution in [1.29, 1.82) is 0 Å². The molecular formula is C11H14N2O2. The van der Waals surface area contributed by atoms with Crippen molar-refractivity contribution >= 4 is 11.7 Å². The Labute approximate surface area is 88.3 Å². The lowest BCUT2D eigenvalue weighted by Gasteiger charge is -2.30. The van der Waals surface area contributed by atoms with Crippen LogP contribution in [-0.4, -0.2) is 33.7 Å². The molecule has 1 amide bonds. The van der Waals surface area contributed by atoms with Crippen LogP contribution in [-0.2, 0) is 4.79 Å². The Kier molecular flexibility index (Phi) is 2.14. The number of aromatic nitrogens is 1. The van der Waals surface area contributed by atoms with Gasteiger partial charge in [0, 0.05) is 24.4 Å². The number of likely N-dealkylation sites (tertiary alicyclic amines) is 1. The fourth-order valence-corrected chi connectivity index (χ4v) is 1.98. The molecule has 0 aliphatic carbocycles. The molecule has 1 fully saturated rings. The van der Waals surface area contributed by atoms with Crippen molar-refractivity contribution in [3.63, 3.8) is 0 Å². The Balaban J connectivity index is 2.25. The largest absolute Gasteiger partial charge is 0.367 e. The quantitative estimate of drug-likeness (QED) is 0.750. The summed E-state index contributed by atoms with van der Waals surface area (Å²) in [7, 11) is 0. The summed E-state index contributed by atoms with van der Waals surface area (Å²) < 4.78 is 0. The van der Waals surface area contributed by atoms with Gasteiger partial charge in [0.05, 0.1) is 12.1 Å². The van der Waals surface area contributed by atoms with Gasteiger partial charge in [-0.25, -0.2) is 0 Å². The van der Waals surface area contributed by atoms with Crippen LogP contribution in [0.4, 0.5) is 0 Å². The van der Waals surface area contributed by atoms with Crippen LogP contribution in [0.1, 0.15) is 30.6 Å². The summed E-state index contributed by atoms with van der Waals surface area (Å²) in [6.07, 6.45) is 3.81. The maximum atomic E-state index is 12.0. The highest BCUT2D eigenvalue weighted by atomic mass is 16.2. The number of H-pyrrole nitrogens is 1. The van der Waals surface area contributed by atoms with E-state index in [0.29, 0.717) is 12.0 Å². The van der Waals surface area contributed by atoms with Gasteiger partial charge in [-0.3, -0.25) is 9.59 Å². The van der Waals surface area contributed by atoms with Gasteiger partial charge in [-0.05, 0) is 19.9 Å². The van der Waals surface area contributed by atoms with E-state index in [0.717, 1.165) is 0 Å². The van der Waals surface area contributed by atoms with Crippen molar-refractivity contribution in [1.82, 2.24) is 9.88 Å². The first kappa shape index (κ1) is 9.96. The molecule has 4 nitrogen and oxygen atoms in total. The number of carbonyl (C=O) groups excluding carboxylic acids is 2. The molecule has 1 aliphatic rings. The summed E-state index contributed by atoms with van der Waals surface area (Å²) in [5.41, 5.74) is 0.253. The molecule has 1 saturated heterocycles. The third-order valence-electron chi connectivity index (χ3n) is 2.78. The lowest BCUT2D eigenvalue weighted by atomic mass is 10.0. The molecule has 1 aromatic rings. The molecule has 0 unspecified atom stereocenters. The van der Waals surface area contributed by atoms with Crippen LogP contribution in [0, 0.1) is 0 Å². The Morgan fingerprint density at radius 2 is 2.27 bits per heavy atom. The van der Waals surface area contributed by atoms with Gasteiger partial charge in [-0.1, -0.05) is 0 Å². The highest BCUT2D eigenvalue weighted by Gasteiger charge is 2.40. The molecule has 0 saturated carbocycles. The number of rotatable bonds is 1. The van der Waals surface area contributed by atoms with Gasteiger partial charge < -0.3 is 9.88 Å². The average Bonchev–Trinajstić information content (AvgIpc) is 2.71. The number of amides is 1. The number of nitrogens with zero attached hydrogens (tertiary/aromatic N) is 1. The molecule has 15 heavy (non-hydrogen) atoms. The molecular weight excluding hydrogens is 192 g/mol. The zero-order valence-corrected chi connectivity index (χ0v) is 8.91.